The van der Waals surface area contributed by atoms with E-state index >= 15 is 0 Å². The van der Waals surface area contributed by atoms with Crippen LogP contribution in [0.3, 0.4) is 0 Å². The summed E-state index contributed by atoms with van der Waals surface area (Å²) in [7, 11) is 0. The highest BCUT2D eigenvalue weighted by atomic mass is 35.5. The van der Waals surface area contributed by atoms with E-state index in [4.69, 9.17) is 16.0 Å². The van der Waals surface area contributed by atoms with Crippen molar-refractivity contribution in [3.05, 3.63) is 65.7 Å². The van der Waals surface area contributed by atoms with Crippen molar-refractivity contribution < 1.29 is 9.21 Å². The van der Waals surface area contributed by atoms with Gasteiger partial charge in [0.05, 0.1) is 11.3 Å². The van der Waals surface area contributed by atoms with Crippen LogP contribution < -0.4 is 5.32 Å². The molecule has 2 aromatic carbocycles. The van der Waals surface area contributed by atoms with Gasteiger partial charge in [0.1, 0.15) is 5.82 Å². The monoisotopic (exact) mass is 396 g/mol. The second kappa shape index (κ2) is 7.77. The maximum atomic E-state index is 12.2. The van der Waals surface area contributed by atoms with Crippen molar-refractivity contribution in [2.45, 2.75) is 5.22 Å². The molecular weight excluding hydrogens is 384 g/mol. The maximum absolute atomic E-state index is 12.2. The number of amides is 1. The number of rotatable bonds is 5. The lowest BCUT2D eigenvalue weighted by molar-refractivity contribution is -0.113. The molecule has 0 saturated heterocycles. The van der Waals surface area contributed by atoms with Crippen molar-refractivity contribution in [1.82, 2.24) is 15.2 Å². The summed E-state index contributed by atoms with van der Waals surface area (Å²) in [5, 5.41) is 12.7. The first-order chi connectivity index (χ1) is 13.2. The molecule has 0 aliphatic carbocycles. The van der Waals surface area contributed by atoms with Gasteiger partial charge in [0.15, 0.2) is 0 Å². The van der Waals surface area contributed by atoms with Gasteiger partial charge in [-0.2, -0.15) is 0 Å². The topological polar surface area (TPSA) is 80.9 Å². The van der Waals surface area contributed by atoms with Gasteiger partial charge in [0.25, 0.3) is 5.22 Å². The highest BCUT2D eigenvalue weighted by molar-refractivity contribution is 7.99. The molecular formula is C19H13ClN4O2S. The molecule has 4 aromatic rings. The van der Waals surface area contributed by atoms with Gasteiger partial charge in [-0.1, -0.05) is 41.6 Å². The molecule has 0 radical (unpaired) electrons. The van der Waals surface area contributed by atoms with Gasteiger partial charge in [-0.05, 0) is 42.5 Å². The largest absolute Gasteiger partial charge is 0.411 e. The van der Waals surface area contributed by atoms with Crippen molar-refractivity contribution in [2.75, 3.05) is 11.1 Å². The molecule has 2 heterocycles. The first kappa shape index (κ1) is 17.5. The van der Waals surface area contributed by atoms with Crippen LogP contribution in [0.2, 0.25) is 5.02 Å². The van der Waals surface area contributed by atoms with Crippen LogP contribution in [0.4, 0.5) is 5.82 Å². The molecule has 0 atom stereocenters. The van der Waals surface area contributed by atoms with E-state index in [0.717, 1.165) is 28.2 Å². The van der Waals surface area contributed by atoms with Gasteiger partial charge in [0, 0.05) is 16.0 Å². The number of nitrogens with zero attached hydrogens (tertiary/aromatic N) is 3. The average molecular weight is 397 g/mol. The van der Waals surface area contributed by atoms with Crippen LogP contribution in [0.25, 0.3) is 22.4 Å². The summed E-state index contributed by atoms with van der Waals surface area (Å²) in [5.41, 5.74) is 1.59. The first-order valence-electron chi connectivity index (χ1n) is 8.05. The number of carbonyl (C=O) groups excluding carboxylic acids is 1. The number of benzene rings is 2. The molecule has 0 aliphatic heterocycles. The molecule has 1 N–H and O–H groups in total. The van der Waals surface area contributed by atoms with Crippen LogP contribution in [-0.2, 0) is 4.79 Å². The summed E-state index contributed by atoms with van der Waals surface area (Å²) in [5.74, 6) is 0.822. The Bertz CT molecular complexity index is 1100. The van der Waals surface area contributed by atoms with Crippen LogP contribution in [0, 0.1) is 0 Å². The Hall–Kier alpha value is -2.90. The van der Waals surface area contributed by atoms with E-state index in [9.17, 15) is 4.79 Å². The number of hydrogen-bond acceptors (Lipinski definition) is 6. The highest BCUT2D eigenvalue weighted by Crippen LogP contribution is 2.24. The molecule has 0 bridgehead atoms. The molecule has 0 aliphatic rings. The fraction of sp³-hybridized carbons (Fsp3) is 0.0526. The van der Waals surface area contributed by atoms with Crippen LogP contribution in [0.5, 0.6) is 0 Å². The molecule has 0 saturated carbocycles. The number of fused-ring (bicyclic) bond motifs is 1. The zero-order valence-corrected chi connectivity index (χ0v) is 15.5. The Morgan fingerprint density at radius 3 is 2.70 bits per heavy atom. The number of thioether (sulfide) groups is 1. The van der Waals surface area contributed by atoms with E-state index in [2.05, 4.69) is 20.5 Å². The predicted octanol–water partition coefficient (Wildman–Crippen LogP) is 4.67. The Morgan fingerprint density at radius 2 is 1.85 bits per heavy atom. The summed E-state index contributed by atoms with van der Waals surface area (Å²) in [6.45, 7) is 0. The molecule has 27 heavy (non-hydrogen) atoms. The number of carbonyl (C=O) groups is 1. The Labute approximate surface area is 164 Å². The number of pyridine rings is 1. The van der Waals surface area contributed by atoms with E-state index < -0.39 is 0 Å². The van der Waals surface area contributed by atoms with Gasteiger partial charge in [-0.15, -0.1) is 10.2 Å². The number of aromatic nitrogens is 3. The average Bonchev–Trinajstić information content (AvgIpc) is 3.16. The van der Waals surface area contributed by atoms with Gasteiger partial charge in [-0.3, -0.25) is 4.79 Å². The quantitative estimate of drug-likeness (QED) is 0.494. The predicted molar refractivity (Wildman–Crippen MR) is 106 cm³/mol. The second-order valence-electron chi connectivity index (χ2n) is 5.61. The van der Waals surface area contributed by atoms with E-state index in [1.165, 1.54) is 0 Å². The third-order valence-electron chi connectivity index (χ3n) is 3.69. The summed E-state index contributed by atoms with van der Waals surface area (Å²) in [6, 6.07) is 18.5. The van der Waals surface area contributed by atoms with Crippen LogP contribution in [0.15, 0.2) is 70.3 Å². The highest BCUT2D eigenvalue weighted by Gasteiger charge is 2.12. The Morgan fingerprint density at radius 1 is 1.04 bits per heavy atom. The third kappa shape index (κ3) is 4.27. The fourth-order valence-corrected chi connectivity index (χ4v) is 3.11. The minimum Gasteiger partial charge on any atom is -0.411 e. The minimum absolute atomic E-state index is 0.136. The number of anilines is 1. The van der Waals surface area contributed by atoms with Crippen LogP contribution in [-0.4, -0.2) is 26.8 Å². The zero-order valence-electron chi connectivity index (χ0n) is 13.9. The lowest BCUT2D eigenvalue weighted by Crippen LogP contribution is -2.14. The molecule has 8 heteroatoms. The molecule has 0 fully saturated rings. The van der Waals surface area contributed by atoms with Crippen molar-refractivity contribution >= 4 is 46.0 Å². The number of hydrogen-bond donors (Lipinski definition) is 1. The van der Waals surface area contributed by atoms with Crippen molar-refractivity contribution in [2.24, 2.45) is 0 Å². The number of halogens is 1. The van der Waals surface area contributed by atoms with Gasteiger partial charge in [0.2, 0.25) is 11.8 Å². The van der Waals surface area contributed by atoms with Gasteiger partial charge in [-0.25, -0.2) is 4.98 Å². The summed E-state index contributed by atoms with van der Waals surface area (Å²) in [6.07, 6.45) is 0. The third-order valence-corrected chi connectivity index (χ3v) is 4.76. The van der Waals surface area contributed by atoms with E-state index in [-0.39, 0.29) is 11.7 Å². The minimum atomic E-state index is -0.200. The van der Waals surface area contributed by atoms with Crippen LogP contribution >= 0.6 is 23.4 Å². The Kier molecular flexibility index (Phi) is 5.04. The lowest BCUT2D eigenvalue weighted by atomic mass is 10.2. The van der Waals surface area contributed by atoms with Crippen molar-refractivity contribution in [3.63, 3.8) is 0 Å². The lowest BCUT2D eigenvalue weighted by Gasteiger charge is -2.04. The summed E-state index contributed by atoms with van der Waals surface area (Å²) in [4.78, 5) is 16.6. The van der Waals surface area contributed by atoms with Gasteiger partial charge >= 0.3 is 0 Å². The maximum Gasteiger partial charge on any atom is 0.277 e. The van der Waals surface area contributed by atoms with E-state index in [1.54, 1.807) is 30.3 Å². The molecule has 0 spiro atoms. The first-order valence-corrected chi connectivity index (χ1v) is 9.42. The molecule has 6 nitrogen and oxygen atoms in total. The fourth-order valence-electron chi connectivity index (χ4n) is 2.42. The van der Waals surface area contributed by atoms with Crippen molar-refractivity contribution in [1.29, 1.82) is 0 Å². The standard InChI is InChI=1S/C19H13ClN4O2S/c20-14-8-5-13(6-9-14)18-23-24-19(26-18)27-11-17(25)22-16-10-7-12-3-1-2-4-15(12)21-16/h1-10H,11H2,(H,21,22,25). The number of nitrogens with one attached hydrogen (secondary N) is 1. The zero-order chi connectivity index (χ0) is 18.6. The van der Waals surface area contributed by atoms with Crippen molar-refractivity contribution in [3.8, 4) is 11.5 Å². The number of para-hydroxylation sites is 1. The van der Waals surface area contributed by atoms with E-state index in [0.29, 0.717) is 22.0 Å². The molecule has 1 amide bonds. The SMILES string of the molecule is O=C(CSc1nnc(-c2ccc(Cl)cc2)o1)Nc1ccc2ccccc2n1. The molecule has 134 valence electrons. The molecule has 4 rings (SSSR count). The normalized spacial score (nSPS) is 10.9. The van der Waals surface area contributed by atoms with E-state index in [1.807, 2.05) is 30.3 Å². The van der Waals surface area contributed by atoms with Crippen LogP contribution in [0.1, 0.15) is 0 Å². The van der Waals surface area contributed by atoms with Gasteiger partial charge < -0.3 is 9.73 Å². The molecule has 0 unspecified atom stereocenters. The second-order valence-corrected chi connectivity index (χ2v) is 6.97. The molecule has 2 aromatic heterocycles. The smallest absolute Gasteiger partial charge is 0.277 e. The summed E-state index contributed by atoms with van der Waals surface area (Å²) < 4.78 is 5.57. The Balaban J connectivity index is 1.37. The summed E-state index contributed by atoms with van der Waals surface area (Å²) >= 11 is 7.03.